The van der Waals surface area contributed by atoms with Gasteiger partial charge in [0, 0.05) is 18.9 Å². The largest absolute Gasteiger partial charge is 0.314 e. The Morgan fingerprint density at radius 1 is 1.46 bits per heavy atom. The molecule has 0 saturated heterocycles. The summed E-state index contributed by atoms with van der Waals surface area (Å²) in [5.41, 5.74) is 0. The van der Waals surface area contributed by atoms with Crippen molar-refractivity contribution in [2.45, 2.75) is 51.5 Å². The third-order valence-electron chi connectivity index (χ3n) is 2.56. The Balaban J connectivity index is 2.26. The Labute approximate surface area is 78.9 Å². The van der Waals surface area contributed by atoms with Crippen molar-refractivity contribution in [1.29, 1.82) is 0 Å². The quantitative estimate of drug-likeness (QED) is 0.723. The van der Waals surface area contributed by atoms with Gasteiger partial charge in [-0.25, -0.2) is 8.78 Å². The summed E-state index contributed by atoms with van der Waals surface area (Å²) >= 11 is 0. The summed E-state index contributed by atoms with van der Waals surface area (Å²) in [6.07, 6.45) is 1.80. The van der Waals surface area contributed by atoms with Crippen molar-refractivity contribution in [3.63, 3.8) is 0 Å². The first-order valence-corrected chi connectivity index (χ1v) is 5.11. The predicted molar refractivity (Wildman–Crippen MR) is 50.0 cm³/mol. The summed E-state index contributed by atoms with van der Waals surface area (Å²) in [7, 11) is 0. The van der Waals surface area contributed by atoms with Gasteiger partial charge >= 0.3 is 0 Å². The van der Waals surface area contributed by atoms with E-state index in [4.69, 9.17) is 0 Å². The molecule has 1 aliphatic rings. The Hall–Kier alpha value is -0.180. The highest BCUT2D eigenvalue weighted by atomic mass is 19.3. The minimum absolute atomic E-state index is 0.0761. The molecule has 0 aromatic carbocycles. The van der Waals surface area contributed by atoms with Crippen LogP contribution in [0.4, 0.5) is 8.78 Å². The van der Waals surface area contributed by atoms with Crippen LogP contribution in [0, 0.1) is 5.92 Å². The van der Waals surface area contributed by atoms with Gasteiger partial charge in [-0.3, -0.25) is 0 Å². The predicted octanol–water partition coefficient (Wildman–Crippen LogP) is 2.81. The van der Waals surface area contributed by atoms with Gasteiger partial charge in [0.2, 0.25) is 5.92 Å². The molecule has 1 nitrogen and oxygen atoms in total. The first-order chi connectivity index (χ1) is 5.99. The van der Waals surface area contributed by atoms with Gasteiger partial charge in [-0.15, -0.1) is 0 Å². The van der Waals surface area contributed by atoms with E-state index in [9.17, 15) is 8.78 Å². The SMILES string of the molecule is CC(C)NCC1CCCC(F)(F)C1. The van der Waals surface area contributed by atoms with Gasteiger partial charge in [-0.1, -0.05) is 13.8 Å². The summed E-state index contributed by atoms with van der Waals surface area (Å²) in [6.45, 7) is 4.83. The van der Waals surface area contributed by atoms with Crippen LogP contribution in [-0.4, -0.2) is 18.5 Å². The second-order valence-corrected chi connectivity index (χ2v) is 4.38. The van der Waals surface area contributed by atoms with Crippen LogP contribution in [0.3, 0.4) is 0 Å². The van der Waals surface area contributed by atoms with Crippen LogP contribution >= 0.6 is 0 Å². The van der Waals surface area contributed by atoms with Crippen molar-refractivity contribution in [3.8, 4) is 0 Å². The highest BCUT2D eigenvalue weighted by molar-refractivity contribution is 4.79. The molecule has 1 unspecified atom stereocenters. The molecule has 13 heavy (non-hydrogen) atoms. The number of rotatable bonds is 3. The third-order valence-corrected chi connectivity index (χ3v) is 2.56. The molecule has 1 rings (SSSR count). The van der Waals surface area contributed by atoms with Crippen LogP contribution in [0.5, 0.6) is 0 Å². The topological polar surface area (TPSA) is 12.0 Å². The number of alkyl halides is 2. The van der Waals surface area contributed by atoms with Crippen LogP contribution in [0.25, 0.3) is 0 Å². The summed E-state index contributed by atoms with van der Waals surface area (Å²) in [6, 6.07) is 0.399. The molecule has 0 bridgehead atoms. The lowest BCUT2D eigenvalue weighted by atomic mass is 9.86. The first kappa shape index (κ1) is 10.9. The van der Waals surface area contributed by atoms with E-state index in [1.807, 2.05) is 13.8 Å². The van der Waals surface area contributed by atoms with E-state index in [2.05, 4.69) is 5.32 Å². The number of nitrogens with one attached hydrogen (secondary N) is 1. The zero-order chi connectivity index (χ0) is 9.90. The average Bonchev–Trinajstić information content (AvgIpc) is 1.99. The fourth-order valence-electron chi connectivity index (χ4n) is 1.85. The van der Waals surface area contributed by atoms with E-state index < -0.39 is 5.92 Å². The van der Waals surface area contributed by atoms with Gasteiger partial charge in [0.25, 0.3) is 0 Å². The maximum atomic E-state index is 13.0. The van der Waals surface area contributed by atoms with Gasteiger partial charge in [0.1, 0.15) is 0 Å². The lowest BCUT2D eigenvalue weighted by Gasteiger charge is -2.29. The van der Waals surface area contributed by atoms with E-state index in [0.29, 0.717) is 12.5 Å². The van der Waals surface area contributed by atoms with Crippen molar-refractivity contribution in [2.24, 2.45) is 5.92 Å². The minimum atomic E-state index is -2.40. The van der Waals surface area contributed by atoms with Crippen molar-refractivity contribution in [3.05, 3.63) is 0 Å². The fraction of sp³-hybridized carbons (Fsp3) is 1.00. The third kappa shape index (κ3) is 4.03. The number of hydrogen-bond acceptors (Lipinski definition) is 1. The molecular formula is C10H19F2N. The molecule has 78 valence electrons. The minimum Gasteiger partial charge on any atom is -0.314 e. The average molecular weight is 191 g/mol. The monoisotopic (exact) mass is 191 g/mol. The Kier molecular flexibility index (Phi) is 3.65. The van der Waals surface area contributed by atoms with Crippen LogP contribution in [0.2, 0.25) is 0 Å². The molecule has 1 atom stereocenters. The van der Waals surface area contributed by atoms with Gasteiger partial charge in [-0.2, -0.15) is 0 Å². The Bertz CT molecular complexity index is 157. The molecule has 0 aromatic heterocycles. The fourth-order valence-corrected chi connectivity index (χ4v) is 1.85. The van der Waals surface area contributed by atoms with E-state index in [0.717, 1.165) is 13.0 Å². The van der Waals surface area contributed by atoms with E-state index in [1.54, 1.807) is 0 Å². The molecular weight excluding hydrogens is 172 g/mol. The molecule has 0 amide bonds. The highest BCUT2D eigenvalue weighted by Crippen LogP contribution is 2.36. The van der Waals surface area contributed by atoms with Crippen molar-refractivity contribution >= 4 is 0 Å². The van der Waals surface area contributed by atoms with Crippen LogP contribution in [0.15, 0.2) is 0 Å². The van der Waals surface area contributed by atoms with Gasteiger partial charge < -0.3 is 5.32 Å². The lowest BCUT2D eigenvalue weighted by Crippen LogP contribution is -2.35. The maximum absolute atomic E-state index is 13.0. The second kappa shape index (κ2) is 4.36. The van der Waals surface area contributed by atoms with Gasteiger partial charge in [-0.05, 0) is 25.3 Å². The molecule has 1 fully saturated rings. The summed E-state index contributed by atoms with van der Waals surface area (Å²) in [5.74, 6) is -2.23. The number of hydrogen-bond donors (Lipinski definition) is 1. The van der Waals surface area contributed by atoms with E-state index in [1.165, 1.54) is 0 Å². The molecule has 0 heterocycles. The zero-order valence-corrected chi connectivity index (χ0v) is 8.45. The highest BCUT2D eigenvalue weighted by Gasteiger charge is 2.35. The normalized spacial score (nSPS) is 27.9. The summed E-state index contributed by atoms with van der Waals surface area (Å²) in [5, 5.41) is 3.22. The Morgan fingerprint density at radius 2 is 2.15 bits per heavy atom. The molecule has 1 N–H and O–H groups in total. The smallest absolute Gasteiger partial charge is 0.248 e. The van der Waals surface area contributed by atoms with Gasteiger partial charge in [0.05, 0.1) is 0 Å². The van der Waals surface area contributed by atoms with Crippen molar-refractivity contribution < 1.29 is 8.78 Å². The van der Waals surface area contributed by atoms with E-state index >= 15 is 0 Å². The lowest BCUT2D eigenvalue weighted by molar-refractivity contribution is -0.0522. The molecule has 0 spiro atoms. The molecule has 0 aliphatic heterocycles. The van der Waals surface area contributed by atoms with Crippen LogP contribution in [0.1, 0.15) is 39.5 Å². The van der Waals surface area contributed by atoms with Crippen molar-refractivity contribution in [1.82, 2.24) is 5.32 Å². The Morgan fingerprint density at radius 3 is 2.69 bits per heavy atom. The van der Waals surface area contributed by atoms with Crippen LogP contribution in [-0.2, 0) is 0 Å². The maximum Gasteiger partial charge on any atom is 0.248 e. The van der Waals surface area contributed by atoms with Crippen molar-refractivity contribution in [2.75, 3.05) is 6.54 Å². The molecule has 3 heteroatoms. The second-order valence-electron chi connectivity index (χ2n) is 4.38. The zero-order valence-electron chi connectivity index (χ0n) is 8.45. The van der Waals surface area contributed by atoms with E-state index in [-0.39, 0.29) is 18.8 Å². The van der Waals surface area contributed by atoms with Gasteiger partial charge in [0.15, 0.2) is 0 Å². The summed E-state index contributed by atoms with van der Waals surface area (Å²) < 4.78 is 25.9. The standard InChI is InChI=1S/C10H19F2N/c1-8(2)13-7-9-4-3-5-10(11,12)6-9/h8-9,13H,3-7H2,1-2H3. The van der Waals surface area contributed by atoms with Crippen LogP contribution < -0.4 is 5.32 Å². The number of halogens is 2. The molecule has 0 radical (unpaired) electrons. The molecule has 1 aliphatic carbocycles. The molecule has 0 aromatic rings. The first-order valence-electron chi connectivity index (χ1n) is 5.11. The molecule has 1 saturated carbocycles. The summed E-state index contributed by atoms with van der Waals surface area (Å²) in [4.78, 5) is 0.